The van der Waals surface area contributed by atoms with Crippen LogP contribution in [0.1, 0.15) is 19.4 Å². The summed E-state index contributed by atoms with van der Waals surface area (Å²) >= 11 is 3.29. The van der Waals surface area contributed by atoms with Crippen molar-refractivity contribution in [3.63, 3.8) is 0 Å². The maximum absolute atomic E-state index is 12.2. The topological polar surface area (TPSA) is 117 Å². The van der Waals surface area contributed by atoms with Crippen LogP contribution < -0.4 is 19.8 Å². The van der Waals surface area contributed by atoms with E-state index in [2.05, 4.69) is 31.8 Å². The third-order valence-electron chi connectivity index (χ3n) is 3.89. The molecule has 0 aliphatic rings. The highest BCUT2D eigenvalue weighted by atomic mass is 79.9. The first-order valence-electron chi connectivity index (χ1n) is 9.62. The van der Waals surface area contributed by atoms with Gasteiger partial charge in [-0.2, -0.15) is 5.10 Å². The summed E-state index contributed by atoms with van der Waals surface area (Å²) in [6, 6.07) is 13.4. The highest BCUT2D eigenvalue weighted by Gasteiger charge is 2.20. The van der Waals surface area contributed by atoms with Crippen LogP contribution in [0.4, 0.5) is 5.69 Å². The van der Waals surface area contributed by atoms with Gasteiger partial charge in [0, 0.05) is 10.5 Å². The van der Waals surface area contributed by atoms with E-state index in [1.165, 1.54) is 6.21 Å². The summed E-state index contributed by atoms with van der Waals surface area (Å²) in [5.74, 6) is -0.287. The van der Waals surface area contributed by atoms with Crippen LogP contribution in [-0.4, -0.2) is 51.9 Å². The molecule has 172 valence electrons. The van der Waals surface area contributed by atoms with Crippen LogP contribution in [0.5, 0.6) is 5.75 Å². The van der Waals surface area contributed by atoms with E-state index >= 15 is 0 Å². The Morgan fingerprint density at radius 2 is 1.84 bits per heavy atom. The number of hydrazone groups is 1. The second-order valence-corrected chi connectivity index (χ2v) is 9.95. The Hall–Kier alpha value is -2.92. The van der Waals surface area contributed by atoms with Crippen molar-refractivity contribution in [1.29, 1.82) is 0 Å². The van der Waals surface area contributed by atoms with E-state index in [1.807, 2.05) is 13.8 Å². The lowest BCUT2D eigenvalue weighted by Gasteiger charge is -2.21. The van der Waals surface area contributed by atoms with E-state index in [9.17, 15) is 18.0 Å². The molecule has 11 heteroatoms. The van der Waals surface area contributed by atoms with Crippen molar-refractivity contribution in [2.45, 2.75) is 19.9 Å². The number of sulfonamides is 1. The van der Waals surface area contributed by atoms with Gasteiger partial charge < -0.3 is 10.1 Å². The molecule has 0 saturated heterocycles. The number of hydrogen-bond acceptors (Lipinski definition) is 6. The van der Waals surface area contributed by atoms with Gasteiger partial charge in [0.15, 0.2) is 6.61 Å². The molecule has 2 aromatic carbocycles. The average molecular weight is 525 g/mol. The molecule has 9 nitrogen and oxygen atoms in total. The van der Waals surface area contributed by atoms with E-state index in [-0.39, 0.29) is 18.6 Å². The standard InChI is InChI=1S/C21H25BrN4O5S/c1-15(2)24-21(28)14-31-19-9-7-16(8-10-19)12-23-25-20(27)13-26(32(3,29)30)18-6-4-5-17(22)11-18/h4-12,15H,13-14H2,1-3H3,(H,24,28)(H,25,27)/b23-12-. The lowest BCUT2D eigenvalue weighted by Crippen LogP contribution is -2.39. The van der Waals surface area contributed by atoms with Crippen molar-refractivity contribution in [2.24, 2.45) is 5.10 Å². The molecule has 0 fully saturated rings. The molecule has 0 bridgehead atoms. The first kappa shape index (κ1) is 25.3. The van der Waals surface area contributed by atoms with Gasteiger partial charge in [-0.15, -0.1) is 0 Å². The van der Waals surface area contributed by atoms with E-state index in [1.54, 1.807) is 48.5 Å². The molecular weight excluding hydrogens is 500 g/mol. The molecule has 32 heavy (non-hydrogen) atoms. The van der Waals surface area contributed by atoms with Crippen LogP contribution >= 0.6 is 15.9 Å². The molecule has 0 saturated carbocycles. The van der Waals surface area contributed by atoms with Crippen LogP contribution in [0, 0.1) is 0 Å². The SMILES string of the molecule is CC(C)NC(=O)COc1ccc(/C=N\NC(=O)CN(c2cccc(Br)c2)S(C)(=O)=O)cc1. The number of nitrogens with zero attached hydrogens (tertiary/aromatic N) is 2. The van der Waals surface area contributed by atoms with Crippen LogP contribution in [0.3, 0.4) is 0 Å². The normalized spacial score (nSPS) is 11.4. The fraction of sp³-hybridized carbons (Fsp3) is 0.286. The number of halogens is 1. The molecule has 2 N–H and O–H groups in total. The number of anilines is 1. The molecule has 0 spiro atoms. The monoisotopic (exact) mass is 524 g/mol. The molecule has 2 aromatic rings. The highest BCUT2D eigenvalue weighted by molar-refractivity contribution is 9.10. The maximum Gasteiger partial charge on any atom is 0.260 e. The molecule has 0 unspecified atom stereocenters. The summed E-state index contributed by atoms with van der Waals surface area (Å²) < 4.78 is 31.3. The summed E-state index contributed by atoms with van der Waals surface area (Å²) in [5, 5.41) is 6.59. The van der Waals surface area contributed by atoms with Crippen molar-refractivity contribution < 1.29 is 22.7 Å². The van der Waals surface area contributed by atoms with Gasteiger partial charge in [0.05, 0.1) is 18.2 Å². The predicted octanol–water partition coefficient (Wildman–Crippen LogP) is 2.27. The molecule has 0 aromatic heterocycles. The van der Waals surface area contributed by atoms with E-state index < -0.39 is 22.5 Å². The molecule has 0 heterocycles. The average Bonchev–Trinajstić information content (AvgIpc) is 2.70. The second-order valence-electron chi connectivity index (χ2n) is 7.12. The quantitative estimate of drug-likeness (QED) is 0.365. The maximum atomic E-state index is 12.2. The fourth-order valence-corrected chi connectivity index (χ4v) is 3.77. The fourth-order valence-electron chi connectivity index (χ4n) is 2.54. The smallest absolute Gasteiger partial charge is 0.260 e. The summed E-state index contributed by atoms with van der Waals surface area (Å²) in [6.07, 6.45) is 2.44. The van der Waals surface area contributed by atoms with E-state index in [0.717, 1.165) is 10.6 Å². The molecule has 2 rings (SSSR count). The van der Waals surface area contributed by atoms with Crippen LogP contribution in [-0.2, 0) is 19.6 Å². The Bertz CT molecular complexity index is 1070. The first-order valence-corrected chi connectivity index (χ1v) is 12.3. The van der Waals surface area contributed by atoms with Crippen molar-refractivity contribution in [1.82, 2.24) is 10.7 Å². The van der Waals surface area contributed by atoms with Crippen molar-refractivity contribution >= 4 is 49.7 Å². The number of benzene rings is 2. The van der Waals surface area contributed by atoms with Gasteiger partial charge in [-0.1, -0.05) is 22.0 Å². The minimum absolute atomic E-state index is 0.0407. The Morgan fingerprint density at radius 1 is 1.16 bits per heavy atom. The minimum atomic E-state index is -3.67. The van der Waals surface area contributed by atoms with Gasteiger partial charge in [0.25, 0.3) is 11.8 Å². The zero-order valence-electron chi connectivity index (χ0n) is 17.9. The van der Waals surface area contributed by atoms with Gasteiger partial charge in [-0.25, -0.2) is 13.8 Å². The van der Waals surface area contributed by atoms with Gasteiger partial charge in [-0.3, -0.25) is 13.9 Å². The van der Waals surface area contributed by atoms with Crippen LogP contribution in [0.25, 0.3) is 0 Å². The molecule has 0 aliphatic heterocycles. The first-order chi connectivity index (χ1) is 15.0. The minimum Gasteiger partial charge on any atom is -0.484 e. The number of rotatable bonds is 10. The zero-order valence-corrected chi connectivity index (χ0v) is 20.3. The van der Waals surface area contributed by atoms with Crippen molar-refractivity contribution in [2.75, 3.05) is 23.7 Å². The zero-order chi connectivity index (χ0) is 23.7. The number of hydrogen-bond donors (Lipinski definition) is 2. The van der Waals surface area contributed by atoms with Crippen LogP contribution in [0.15, 0.2) is 58.1 Å². The predicted molar refractivity (Wildman–Crippen MR) is 127 cm³/mol. The summed E-state index contributed by atoms with van der Waals surface area (Å²) in [4.78, 5) is 23.8. The summed E-state index contributed by atoms with van der Waals surface area (Å²) in [5.41, 5.74) is 3.36. The Kier molecular flexibility index (Phi) is 9.21. The van der Waals surface area contributed by atoms with Gasteiger partial charge >= 0.3 is 0 Å². The summed E-state index contributed by atoms with van der Waals surface area (Å²) in [7, 11) is -3.67. The largest absolute Gasteiger partial charge is 0.484 e. The Morgan fingerprint density at radius 3 is 2.44 bits per heavy atom. The third kappa shape index (κ3) is 8.67. The summed E-state index contributed by atoms with van der Waals surface area (Å²) in [6.45, 7) is 3.22. The molecule has 0 aliphatic carbocycles. The van der Waals surface area contributed by atoms with Crippen LogP contribution in [0.2, 0.25) is 0 Å². The number of carbonyl (C=O) groups excluding carboxylic acids is 2. The number of carbonyl (C=O) groups is 2. The highest BCUT2D eigenvalue weighted by Crippen LogP contribution is 2.21. The number of ether oxygens (including phenoxy) is 1. The van der Waals surface area contributed by atoms with Crippen molar-refractivity contribution in [3.8, 4) is 5.75 Å². The van der Waals surface area contributed by atoms with E-state index in [0.29, 0.717) is 21.5 Å². The lowest BCUT2D eigenvalue weighted by atomic mass is 10.2. The van der Waals surface area contributed by atoms with Crippen molar-refractivity contribution in [3.05, 3.63) is 58.6 Å². The molecule has 0 atom stereocenters. The van der Waals surface area contributed by atoms with E-state index in [4.69, 9.17) is 4.74 Å². The third-order valence-corrected chi connectivity index (χ3v) is 5.52. The molecular formula is C21H25BrN4O5S. The Balaban J connectivity index is 1.91. The number of amides is 2. The second kappa shape index (κ2) is 11.6. The van der Waals surface area contributed by atoms with Gasteiger partial charge in [-0.05, 0) is 61.9 Å². The van der Waals surface area contributed by atoms with Gasteiger partial charge in [0.1, 0.15) is 12.3 Å². The molecule has 2 amide bonds. The Labute approximate surface area is 196 Å². The molecule has 0 radical (unpaired) electrons. The lowest BCUT2D eigenvalue weighted by molar-refractivity contribution is -0.123. The number of nitrogens with one attached hydrogen (secondary N) is 2. The van der Waals surface area contributed by atoms with Gasteiger partial charge in [0.2, 0.25) is 10.0 Å².